The van der Waals surface area contributed by atoms with E-state index < -0.39 is 0 Å². The minimum absolute atomic E-state index is 0.109. The lowest BCUT2D eigenvalue weighted by atomic mass is 9.49. The Labute approximate surface area is 115 Å². The molecule has 102 valence electrons. The lowest BCUT2D eigenvalue weighted by Gasteiger charge is -2.54. The maximum atomic E-state index is 12.0. The number of carbonyl (C=O) groups is 1. The molecule has 0 radical (unpaired) electrons. The second kappa shape index (κ2) is 4.09. The molecule has 19 heavy (non-hydrogen) atoms. The molecule has 0 bridgehead atoms. The number of rotatable bonds is 1. The summed E-state index contributed by atoms with van der Waals surface area (Å²) in [4.78, 5) is 12.0. The fourth-order valence-electron chi connectivity index (χ4n) is 4.72. The average Bonchev–Trinajstić information content (AvgIpc) is 2.38. The maximum absolute atomic E-state index is 12.0. The Morgan fingerprint density at radius 2 is 2.00 bits per heavy atom. The van der Waals surface area contributed by atoms with Gasteiger partial charge in [0.2, 0.25) is 5.91 Å². The Bertz CT molecular complexity index is 524. The summed E-state index contributed by atoms with van der Waals surface area (Å²) in [5.41, 5.74) is 8.46. The van der Waals surface area contributed by atoms with Crippen molar-refractivity contribution in [2.75, 3.05) is 0 Å². The van der Waals surface area contributed by atoms with Gasteiger partial charge in [-0.2, -0.15) is 0 Å². The van der Waals surface area contributed by atoms with E-state index in [1.807, 2.05) is 0 Å². The summed E-state index contributed by atoms with van der Waals surface area (Å²) in [5.74, 6) is 0.281. The van der Waals surface area contributed by atoms with E-state index in [0.29, 0.717) is 5.92 Å². The SMILES string of the molecule is CC1(C(N)=O)CCCC2(C)c3ccccc3CCC12. The maximum Gasteiger partial charge on any atom is 0.223 e. The molecule has 0 saturated heterocycles. The fraction of sp³-hybridized carbons (Fsp3) is 0.588. The molecular formula is C17H23NO. The van der Waals surface area contributed by atoms with Gasteiger partial charge < -0.3 is 5.73 Å². The molecule has 2 aliphatic rings. The van der Waals surface area contributed by atoms with Crippen LogP contribution in [0.4, 0.5) is 0 Å². The van der Waals surface area contributed by atoms with E-state index in [9.17, 15) is 4.79 Å². The summed E-state index contributed by atoms with van der Waals surface area (Å²) in [6.07, 6.45) is 5.40. The summed E-state index contributed by atoms with van der Waals surface area (Å²) < 4.78 is 0. The van der Waals surface area contributed by atoms with Crippen molar-refractivity contribution in [3.8, 4) is 0 Å². The van der Waals surface area contributed by atoms with Gasteiger partial charge in [-0.3, -0.25) is 4.79 Å². The number of amides is 1. The van der Waals surface area contributed by atoms with E-state index in [0.717, 1.165) is 25.7 Å². The molecule has 1 aromatic rings. The van der Waals surface area contributed by atoms with Crippen LogP contribution >= 0.6 is 0 Å². The standard InChI is InChI=1S/C17H23NO/c1-16-10-5-11-17(2,15(18)19)14(16)9-8-12-6-3-4-7-13(12)16/h3-4,6-7,14H,5,8-11H2,1-2H3,(H2,18,19). The summed E-state index contributed by atoms with van der Waals surface area (Å²) in [6, 6.07) is 8.75. The Morgan fingerprint density at radius 3 is 2.74 bits per heavy atom. The van der Waals surface area contributed by atoms with Crippen LogP contribution in [0.1, 0.15) is 50.7 Å². The number of aryl methyl sites for hydroxylation is 1. The molecule has 0 aliphatic heterocycles. The number of carbonyl (C=O) groups excluding carboxylic acids is 1. The van der Waals surface area contributed by atoms with Gasteiger partial charge in [0.1, 0.15) is 0 Å². The zero-order valence-electron chi connectivity index (χ0n) is 11.9. The Balaban J connectivity index is 2.12. The van der Waals surface area contributed by atoms with E-state index in [1.165, 1.54) is 17.5 Å². The molecule has 1 amide bonds. The normalized spacial score (nSPS) is 37.3. The Kier molecular flexibility index (Phi) is 2.74. The number of benzene rings is 1. The molecule has 0 spiro atoms. The topological polar surface area (TPSA) is 43.1 Å². The van der Waals surface area contributed by atoms with Crippen molar-refractivity contribution >= 4 is 5.91 Å². The van der Waals surface area contributed by atoms with Crippen molar-refractivity contribution in [3.05, 3.63) is 35.4 Å². The molecule has 2 N–H and O–H groups in total. The van der Waals surface area contributed by atoms with Crippen LogP contribution in [0.5, 0.6) is 0 Å². The highest BCUT2D eigenvalue weighted by Gasteiger charge is 2.54. The molecule has 3 unspecified atom stereocenters. The molecule has 1 aromatic carbocycles. The summed E-state index contributed by atoms with van der Waals surface area (Å²) in [5, 5.41) is 0. The zero-order chi connectivity index (χ0) is 13.7. The summed E-state index contributed by atoms with van der Waals surface area (Å²) >= 11 is 0. The second-order valence-electron chi connectivity index (χ2n) is 6.80. The van der Waals surface area contributed by atoms with E-state index in [-0.39, 0.29) is 16.7 Å². The van der Waals surface area contributed by atoms with Crippen molar-refractivity contribution in [2.24, 2.45) is 17.1 Å². The van der Waals surface area contributed by atoms with Gasteiger partial charge in [-0.1, -0.05) is 44.5 Å². The van der Waals surface area contributed by atoms with Gasteiger partial charge in [-0.15, -0.1) is 0 Å². The van der Waals surface area contributed by atoms with Gasteiger partial charge in [0.25, 0.3) is 0 Å². The van der Waals surface area contributed by atoms with Crippen molar-refractivity contribution in [1.82, 2.24) is 0 Å². The zero-order valence-corrected chi connectivity index (χ0v) is 11.9. The predicted octanol–water partition coefficient (Wildman–Crippen LogP) is 3.18. The minimum atomic E-state index is -0.333. The van der Waals surface area contributed by atoms with Crippen molar-refractivity contribution in [3.63, 3.8) is 0 Å². The highest BCUT2D eigenvalue weighted by atomic mass is 16.1. The van der Waals surface area contributed by atoms with Crippen molar-refractivity contribution in [2.45, 2.75) is 51.4 Å². The molecule has 0 aromatic heterocycles. The van der Waals surface area contributed by atoms with E-state index in [1.54, 1.807) is 0 Å². The van der Waals surface area contributed by atoms with Gasteiger partial charge in [0.15, 0.2) is 0 Å². The molecule has 1 fully saturated rings. The van der Waals surface area contributed by atoms with Crippen LogP contribution in [0.25, 0.3) is 0 Å². The number of primary amides is 1. The van der Waals surface area contributed by atoms with Gasteiger partial charge in [-0.05, 0) is 48.1 Å². The van der Waals surface area contributed by atoms with Crippen LogP contribution < -0.4 is 5.73 Å². The highest BCUT2D eigenvalue weighted by molar-refractivity contribution is 5.81. The van der Waals surface area contributed by atoms with Crippen LogP contribution in [-0.4, -0.2) is 5.91 Å². The van der Waals surface area contributed by atoms with Crippen LogP contribution in [0.3, 0.4) is 0 Å². The fourth-order valence-corrected chi connectivity index (χ4v) is 4.72. The second-order valence-corrected chi connectivity index (χ2v) is 6.80. The van der Waals surface area contributed by atoms with Crippen molar-refractivity contribution in [1.29, 1.82) is 0 Å². The third-order valence-corrected chi connectivity index (χ3v) is 5.83. The third-order valence-electron chi connectivity index (χ3n) is 5.83. The van der Waals surface area contributed by atoms with Crippen LogP contribution in [0.2, 0.25) is 0 Å². The quantitative estimate of drug-likeness (QED) is 0.825. The number of nitrogens with two attached hydrogens (primary N) is 1. The van der Waals surface area contributed by atoms with E-state index in [2.05, 4.69) is 38.1 Å². The molecule has 2 nitrogen and oxygen atoms in total. The third kappa shape index (κ3) is 1.65. The molecule has 3 atom stereocenters. The monoisotopic (exact) mass is 257 g/mol. The summed E-state index contributed by atoms with van der Waals surface area (Å²) in [6.45, 7) is 4.43. The van der Waals surface area contributed by atoms with Gasteiger partial charge in [-0.25, -0.2) is 0 Å². The van der Waals surface area contributed by atoms with Gasteiger partial charge in [0, 0.05) is 5.41 Å². The number of hydrogen-bond donors (Lipinski definition) is 1. The van der Waals surface area contributed by atoms with Gasteiger partial charge in [0.05, 0.1) is 0 Å². The average molecular weight is 257 g/mol. The first-order chi connectivity index (χ1) is 8.98. The van der Waals surface area contributed by atoms with E-state index >= 15 is 0 Å². The first kappa shape index (κ1) is 12.7. The Hall–Kier alpha value is -1.31. The lowest BCUT2D eigenvalue weighted by Crippen LogP contribution is -2.54. The molecule has 3 rings (SSSR count). The van der Waals surface area contributed by atoms with E-state index in [4.69, 9.17) is 5.73 Å². The largest absolute Gasteiger partial charge is 0.369 e. The summed E-state index contributed by atoms with van der Waals surface area (Å²) in [7, 11) is 0. The highest BCUT2D eigenvalue weighted by Crippen LogP contribution is 2.56. The first-order valence-corrected chi connectivity index (χ1v) is 7.37. The van der Waals surface area contributed by atoms with Crippen LogP contribution in [-0.2, 0) is 16.6 Å². The molecule has 2 aliphatic carbocycles. The van der Waals surface area contributed by atoms with Crippen LogP contribution in [0.15, 0.2) is 24.3 Å². The lowest BCUT2D eigenvalue weighted by molar-refractivity contribution is -0.135. The first-order valence-electron chi connectivity index (χ1n) is 7.37. The molecule has 0 heterocycles. The molecule has 2 heteroatoms. The van der Waals surface area contributed by atoms with Gasteiger partial charge >= 0.3 is 0 Å². The smallest absolute Gasteiger partial charge is 0.223 e. The number of fused-ring (bicyclic) bond motifs is 3. The van der Waals surface area contributed by atoms with Crippen LogP contribution in [0, 0.1) is 11.3 Å². The Morgan fingerprint density at radius 1 is 1.26 bits per heavy atom. The minimum Gasteiger partial charge on any atom is -0.369 e. The molecule has 1 saturated carbocycles. The predicted molar refractivity (Wildman–Crippen MR) is 76.8 cm³/mol. The van der Waals surface area contributed by atoms with Crippen molar-refractivity contribution < 1.29 is 4.79 Å². The number of hydrogen-bond acceptors (Lipinski definition) is 1. The molecular weight excluding hydrogens is 234 g/mol.